The molecule has 0 aliphatic rings. The lowest BCUT2D eigenvalue weighted by atomic mass is 10.1. The van der Waals surface area contributed by atoms with E-state index in [0.717, 1.165) is 34.4 Å². The third kappa shape index (κ3) is 5.61. The average Bonchev–Trinajstić information content (AvgIpc) is 3.01. The number of benzene rings is 2. The Kier molecular flexibility index (Phi) is 6.45. The zero-order valence-corrected chi connectivity index (χ0v) is 18.5. The van der Waals surface area contributed by atoms with Crippen LogP contribution in [0, 0.1) is 6.92 Å². The summed E-state index contributed by atoms with van der Waals surface area (Å²) < 4.78 is 66.8. The van der Waals surface area contributed by atoms with Crippen LogP contribution in [0.5, 0.6) is 0 Å². The molecule has 0 fully saturated rings. The van der Waals surface area contributed by atoms with Gasteiger partial charge < -0.3 is 0 Å². The van der Waals surface area contributed by atoms with E-state index in [4.69, 9.17) is 23.2 Å². The summed E-state index contributed by atoms with van der Waals surface area (Å²) in [6.07, 6.45) is -4.50. The highest BCUT2D eigenvalue weighted by molar-refractivity contribution is 8.02. The van der Waals surface area contributed by atoms with Crippen molar-refractivity contribution in [1.29, 1.82) is 0 Å². The monoisotopic (exact) mass is 497 g/mol. The molecule has 0 radical (unpaired) electrons. The lowest BCUT2D eigenvalue weighted by Crippen LogP contribution is -2.13. The van der Waals surface area contributed by atoms with Crippen LogP contribution in [0.15, 0.2) is 61.8 Å². The number of hydrogen-bond donors (Lipinski definition) is 1. The third-order valence-electron chi connectivity index (χ3n) is 3.66. The number of aryl methyl sites for hydroxylation is 1. The molecule has 0 atom stereocenters. The molecule has 0 saturated heterocycles. The fraction of sp³-hybridized carbons (Fsp3) is 0.111. The fourth-order valence-corrected chi connectivity index (χ4v) is 6.82. The third-order valence-corrected chi connectivity index (χ3v) is 8.16. The number of hydrogen-bond acceptors (Lipinski definition) is 4. The molecule has 0 spiro atoms. The number of anilines is 1. The standard InChI is InChI=1S/C18H12Cl2F3NO2S3/c1-10-6-13(2-3-15(10)18(21,22)23)24-29(25,26)17-5-4-16(28-17)27-14-8-11(19)7-12(20)9-14/h2-9,24H,1H3. The Morgan fingerprint density at radius 3 is 2.24 bits per heavy atom. The zero-order valence-electron chi connectivity index (χ0n) is 14.5. The molecule has 11 heteroatoms. The Morgan fingerprint density at radius 2 is 1.66 bits per heavy atom. The molecule has 0 aliphatic carbocycles. The minimum Gasteiger partial charge on any atom is -0.279 e. The van der Waals surface area contributed by atoms with Crippen molar-refractivity contribution < 1.29 is 21.6 Å². The first kappa shape index (κ1) is 22.3. The second-order valence-electron chi connectivity index (χ2n) is 5.91. The van der Waals surface area contributed by atoms with Crippen LogP contribution in [0.3, 0.4) is 0 Å². The lowest BCUT2D eigenvalue weighted by molar-refractivity contribution is -0.138. The van der Waals surface area contributed by atoms with E-state index in [1.54, 1.807) is 24.3 Å². The summed E-state index contributed by atoms with van der Waals surface area (Å²) in [6, 6.07) is 11.2. The predicted octanol–water partition coefficient (Wildman–Crippen LogP) is 7.33. The Hall–Kier alpha value is -1.39. The first-order valence-corrected chi connectivity index (χ1v) is 11.8. The van der Waals surface area contributed by atoms with Gasteiger partial charge in [-0.25, -0.2) is 8.42 Å². The average molecular weight is 498 g/mol. The number of halogens is 5. The summed E-state index contributed by atoms with van der Waals surface area (Å²) >= 11 is 14.3. The first-order chi connectivity index (χ1) is 13.4. The number of thiophene rings is 1. The maximum absolute atomic E-state index is 12.9. The van der Waals surface area contributed by atoms with Gasteiger partial charge in [0, 0.05) is 20.6 Å². The van der Waals surface area contributed by atoms with Crippen LogP contribution in [0.25, 0.3) is 0 Å². The molecule has 3 nitrogen and oxygen atoms in total. The second-order valence-corrected chi connectivity index (χ2v) is 11.2. The maximum Gasteiger partial charge on any atom is 0.416 e. The van der Waals surface area contributed by atoms with Crippen LogP contribution in [-0.4, -0.2) is 8.42 Å². The Balaban J connectivity index is 1.79. The van der Waals surface area contributed by atoms with Gasteiger partial charge in [-0.2, -0.15) is 13.2 Å². The van der Waals surface area contributed by atoms with Crippen molar-refractivity contribution in [3.8, 4) is 0 Å². The summed E-state index contributed by atoms with van der Waals surface area (Å²) in [5.74, 6) is 0. The van der Waals surface area contributed by atoms with Gasteiger partial charge in [0.15, 0.2) is 0 Å². The van der Waals surface area contributed by atoms with Crippen molar-refractivity contribution in [2.75, 3.05) is 4.72 Å². The Morgan fingerprint density at radius 1 is 1.00 bits per heavy atom. The summed E-state index contributed by atoms with van der Waals surface area (Å²) in [5.41, 5.74) is -0.826. The Bertz CT molecular complexity index is 1140. The normalized spacial score (nSPS) is 12.2. The van der Waals surface area contributed by atoms with E-state index < -0.39 is 21.8 Å². The summed E-state index contributed by atoms with van der Waals surface area (Å²) in [4.78, 5) is 0.750. The van der Waals surface area contributed by atoms with Crippen molar-refractivity contribution in [3.63, 3.8) is 0 Å². The SMILES string of the molecule is Cc1cc(NS(=O)(=O)c2ccc(Sc3cc(Cl)cc(Cl)c3)s2)ccc1C(F)(F)F. The van der Waals surface area contributed by atoms with E-state index in [1.807, 2.05) is 0 Å². The molecule has 0 unspecified atom stereocenters. The summed E-state index contributed by atoms with van der Waals surface area (Å²) in [7, 11) is -3.94. The molecule has 1 N–H and O–H groups in total. The molecule has 3 aromatic rings. The Labute approximate surface area is 183 Å². The van der Waals surface area contributed by atoms with Crippen molar-refractivity contribution in [3.05, 3.63) is 69.7 Å². The molecule has 0 bridgehead atoms. The zero-order chi connectivity index (χ0) is 21.4. The molecule has 0 amide bonds. The van der Waals surface area contributed by atoms with E-state index in [2.05, 4.69) is 4.72 Å². The van der Waals surface area contributed by atoms with Crippen molar-refractivity contribution in [1.82, 2.24) is 0 Å². The van der Waals surface area contributed by atoms with Gasteiger partial charge in [-0.15, -0.1) is 11.3 Å². The van der Waals surface area contributed by atoms with Crippen molar-refractivity contribution >= 4 is 62.0 Å². The lowest BCUT2D eigenvalue weighted by Gasteiger charge is -2.12. The largest absolute Gasteiger partial charge is 0.416 e. The van der Waals surface area contributed by atoms with Crippen LogP contribution < -0.4 is 4.72 Å². The number of rotatable bonds is 5. The van der Waals surface area contributed by atoms with Crippen LogP contribution in [0.4, 0.5) is 18.9 Å². The van der Waals surface area contributed by atoms with Gasteiger partial charge in [0.25, 0.3) is 10.0 Å². The van der Waals surface area contributed by atoms with Gasteiger partial charge in [0.2, 0.25) is 0 Å². The summed E-state index contributed by atoms with van der Waals surface area (Å²) in [6.45, 7) is 1.27. The molecule has 154 valence electrons. The van der Waals surface area contributed by atoms with E-state index in [1.165, 1.54) is 24.8 Å². The fourth-order valence-electron chi connectivity index (χ4n) is 2.46. The molecule has 0 aliphatic heterocycles. The highest BCUT2D eigenvalue weighted by Gasteiger charge is 2.32. The quantitative estimate of drug-likeness (QED) is 0.401. The van der Waals surface area contributed by atoms with E-state index in [0.29, 0.717) is 14.3 Å². The molecule has 3 rings (SSSR count). The second kappa shape index (κ2) is 8.39. The van der Waals surface area contributed by atoms with Gasteiger partial charge >= 0.3 is 6.18 Å². The topological polar surface area (TPSA) is 46.2 Å². The van der Waals surface area contributed by atoms with E-state index in [9.17, 15) is 21.6 Å². The van der Waals surface area contributed by atoms with E-state index in [-0.39, 0.29) is 15.5 Å². The molecule has 0 saturated carbocycles. The smallest absolute Gasteiger partial charge is 0.279 e. The summed E-state index contributed by atoms with van der Waals surface area (Å²) in [5, 5.41) is 0.924. The first-order valence-electron chi connectivity index (χ1n) is 7.88. The van der Waals surface area contributed by atoms with Crippen LogP contribution in [0.1, 0.15) is 11.1 Å². The predicted molar refractivity (Wildman–Crippen MR) is 112 cm³/mol. The highest BCUT2D eigenvalue weighted by atomic mass is 35.5. The van der Waals surface area contributed by atoms with Crippen molar-refractivity contribution in [2.24, 2.45) is 0 Å². The van der Waals surface area contributed by atoms with Crippen molar-refractivity contribution in [2.45, 2.75) is 26.4 Å². The van der Waals surface area contributed by atoms with Gasteiger partial charge in [-0.05, 0) is 61.0 Å². The van der Waals surface area contributed by atoms with Crippen LogP contribution in [0.2, 0.25) is 10.0 Å². The van der Waals surface area contributed by atoms with Gasteiger partial charge in [-0.3, -0.25) is 4.72 Å². The van der Waals surface area contributed by atoms with Gasteiger partial charge in [0.1, 0.15) is 4.21 Å². The van der Waals surface area contributed by atoms with Gasteiger partial charge in [-0.1, -0.05) is 35.0 Å². The molecule has 29 heavy (non-hydrogen) atoms. The minimum absolute atomic E-state index is 0.0330. The minimum atomic E-state index is -4.50. The number of alkyl halides is 3. The maximum atomic E-state index is 12.9. The molecule has 1 heterocycles. The van der Waals surface area contributed by atoms with Gasteiger partial charge in [0.05, 0.1) is 9.77 Å². The number of nitrogens with one attached hydrogen (secondary N) is 1. The van der Waals surface area contributed by atoms with Crippen LogP contribution >= 0.6 is 46.3 Å². The molecular formula is C18H12Cl2F3NO2S3. The van der Waals surface area contributed by atoms with Crippen LogP contribution in [-0.2, 0) is 16.2 Å². The van der Waals surface area contributed by atoms with E-state index >= 15 is 0 Å². The molecule has 2 aromatic carbocycles. The molecular weight excluding hydrogens is 486 g/mol. The molecule has 1 aromatic heterocycles. The highest BCUT2D eigenvalue weighted by Crippen LogP contribution is 2.38. The number of sulfonamides is 1.